The first-order valence-electron chi connectivity index (χ1n) is 11.1. The largest absolute Gasteiger partial charge is 0.376 e. The third-order valence-corrected chi connectivity index (χ3v) is 6.61. The molecule has 4 aromatic rings. The minimum atomic E-state index is -0.303. The van der Waals surface area contributed by atoms with Gasteiger partial charge in [0.2, 0.25) is 5.91 Å². The molecule has 0 spiro atoms. The maximum atomic E-state index is 13.2. The van der Waals surface area contributed by atoms with Crippen molar-refractivity contribution in [3.05, 3.63) is 77.2 Å². The fourth-order valence-corrected chi connectivity index (χ4v) is 4.85. The molecular formula is C25H23FN4O3S. The zero-order valence-electron chi connectivity index (χ0n) is 18.3. The third-order valence-electron chi connectivity index (χ3n) is 5.73. The summed E-state index contributed by atoms with van der Waals surface area (Å²) in [6.07, 6.45) is 3.94. The number of hydrogen-bond acceptors (Lipinski definition) is 5. The molecule has 3 heterocycles. The van der Waals surface area contributed by atoms with E-state index >= 15 is 0 Å². The fourth-order valence-electron chi connectivity index (χ4n) is 3.97. The number of thiazole rings is 1. The van der Waals surface area contributed by atoms with E-state index in [0.29, 0.717) is 23.5 Å². The van der Waals surface area contributed by atoms with E-state index in [9.17, 15) is 14.0 Å². The average Bonchev–Trinajstić information content (AvgIpc) is 3.57. The van der Waals surface area contributed by atoms with Crippen LogP contribution in [0.2, 0.25) is 0 Å². The lowest BCUT2D eigenvalue weighted by Crippen LogP contribution is -2.32. The molecule has 2 aromatic heterocycles. The number of fused-ring (bicyclic) bond motifs is 1. The Kier molecular flexibility index (Phi) is 6.37. The lowest BCUT2D eigenvalue weighted by Gasteiger charge is -2.13. The Hall–Kier alpha value is -3.56. The van der Waals surface area contributed by atoms with Crippen LogP contribution in [0.15, 0.2) is 60.1 Å². The van der Waals surface area contributed by atoms with Gasteiger partial charge in [-0.1, -0.05) is 12.1 Å². The molecule has 2 N–H and O–H groups in total. The second-order valence-electron chi connectivity index (χ2n) is 8.13. The predicted octanol–water partition coefficient (Wildman–Crippen LogP) is 4.29. The van der Waals surface area contributed by atoms with Crippen LogP contribution in [-0.2, 0) is 16.0 Å². The van der Waals surface area contributed by atoms with Crippen LogP contribution in [0.5, 0.6) is 0 Å². The highest BCUT2D eigenvalue weighted by Gasteiger charge is 2.19. The van der Waals surface area contributed by atoms with Crippen LogP contribution in [0.1, 0.15) is 28.9 Å². The zero-order valence-corrected chi connectivity index (χ0v) is 19.1. The SMILES string of the molecule is O=C(Cc1csc2nc(-c3ccc(F)cc3)cn12)Nc1ccccc1C(=O)NCC1CCCO1. The Morgan fingerprint density at radius 1 is 1.18 bits per heavy atom. The number of aromatic nitrogens is 2. The molecule has 0 bridgehead atoms. The predicted molar refractivity (Wildman–Crippen MR) is 129 cm³/mol. The number of para-hydroxylation sites is 1. The molecule has 1 atom stereocenters. The molecule has 2 aromatic carbocycles. The van der Waals surface area contributed by atoms with Gasteiger partial charge < -0.3 is 15.4 Å². The van der Waals surface area contributed by atoms with Gasteiger partial charge in [0.05, 0.1) is 29.5 Å². The topological polar surface area (TPSA) is 84.7 Å². The standard InChI is InChI=1S/C25H23FN4O3S/c26-17-9-7-16(8-10-17)22-14-30-18(15-34-25(30)29-22)12-23(31)28-21-6-2-1-5-20(21)24(32)27-13-19-4-3-11-33-19/h1-2,5-10,14-15,19H,3-4,11-13H2,(H,27,32)(H,28,31). The first-order chi connectivity index (χ1) is 16.6. The third kappa shape index (κ3) is 4.85. The molecule has 7 nitrogen and oxygen atoms in total. The number of hydrogen-bond donors (Lipinski definition) is 2. The number of nitrogens with one attached hydrogen (secondary N) is 2. The number of ether oxygens (including phenoxy) is 1. The van der Waals surface area contributed by atoms with E-state index in [4.69, 9.17) is 4.74 Å². The van der Waals surface area contributed by atoms with Crippen LogP contribution in [0.4, 0.5) is 10.1 Å². The average molecular weight is 479 g/mol. The van der Waals surface area contributed by atoms with Crippen molar-refractivity contribution in [2.45, 2.75) is 25.4 Å². The molecule has 1 aliphatic heterocycles. The second kappa shape index (κ2) is 9.74. The molecule has 1 unspecified atom stereocenters. The highest BCUT2D eigenvalue weighted by molar-refractivity contribution is 7.15. The van der Waals surface area contributed by atoms with Crippen LogP contribution in [0, 0.1) is 5.82 Å². The van der Waals surface area contributed by atoms with Crippen LogP contribution in [0.3, 0.4) is 0 Å². The van der Waals surface area contributed by atoms with Crippen LogP contribution in [0.25, 0.3) is 16.2 Å². The Morgan fingerprint density at radius 3 is 2.79 bits per heavy atom. The number of carbonyl (C=O) groups excluding carboxylic acids is 2. The van der Waals surface area contributed by atoms with Gasteiger partial charge in [-0.25, -0.2) is 9.37 Å². The summed E-state index contributed by atoms with van der Waals surface area (Å²) in [5.41, 5.74) is 3.16. The van der Waals surface area contributed by atoms with E-state index in [-0.39, 0.29) is 30.2 Å². The molecule has 0 saturated carbocycles. The van der Waals surface area contributed by atoms with Crippen molar-refractivity contribution in [2.75, 3.05) is 18.5 Å². The maximum absolute atomic E-state index is 13.2. The summed E-state index contributed by atoms with van der Waals surface area (Å²) in [4.78, 5) is 30.9. The van der Waals surface area contributed by atoms with Gasteiger partial charge in [0, 0.05) is 36.0 Å². The highest BCUT2D eigenvalue weighted by Crippen LogP contribution is 2.25. The summed E-state index contributed by atoms with van der Waals surface area (Å²) >= 11 is 1.43. The molecule has 0 aliphatic carbocycles. The summed E-state index contributed by atoms with van der Waals surface area (Å²) in [6.45, 7) is 1.18. The van der Waals surface area contributed by atoms with Crippen LogP contribution in [-0.4, -0.2) is 40.5 Å². The van der Waals surface area contributed by atoms with Crippen molar-refractivity contribution in [1.82, 2.24) is 14.7 Å². The first-order valence-corrected chi connectivity index (χ1v) is 11.9. The fraction of sp³-hybridized carbons (Fsp3) is 0.240. The number of benzene rings is 2. The van der Waals surface area contributed by atoms with Gasteiger partial charge in [0.15, 0.2) is 4.96 Å². The van der Waals surface area contributed by atoms with Crippen molar-refractivity contribution in [3.63, 3.8) is 0 Å². The molecule has 5 rings (SSSR count). The number of carbonyl (C=O) groups is 2. The monoisotopic (exact) mass is 478 g/mol. The van der Waals surface area contributed by atoms with E-state index in [1.165, 1.54) is 23.5 Å². The number of nitrogens with zero attached hydrogens (tertiary/aromatic N) is 2. The number of imidazole rings is 1. The second-order valence-corrected chi connectivity index (χ2v) is 8.96. The summed E-state index contributed by atoms with van der Waals surface area (Å²) in [5, 5.41) is 7.65. The summed E-state index contributed by atoms with van der Waals surface area (Å²) in [7, 11) is 0. The van der Waals surface area contributed by atoms with Gasteiger partial charge in [-0.2, -0.15) is 0 Å². The quantitative estimate of drug-likeness (QED) is 0.415. The van der Waals surface area contributed by atoms with E-state index < -0.39 is 0 Å². The van der Waals surface area contributed by atoms with Gasteiger partial charge in [-0.3, -0.25) is 14.0 Å². The van der Waals surface area contributed by atoms with E-state index in [1.807, 2.05) is 16.0 Å². The van der Waals surface area contributed by atoms with Crippen molar-refractivity contribution >= 4 is 33.8 Å². The number of anilines is 1. The number of amides is 2. The molecular weight excluding hydrogens is 455 g/mol. The summed E-state index contributed by atoms with van der Waals surface area (Å²) < 4.78 is 20.6. The van der Waals surface area contributed by atoms with Crippen LogP contribution < -0.4 is 10.6 Å². The normalized spacial score (nSPS) is 15.5. The Balaban J connectivity index is 1.27. The van der Waals surface area contributed by atoms with Gasteiger partial charge in [-0.15, -0.1) is 11.3 Å². The Bertz CT molecular complexity index is 1330. The highest BCUT2D eigenvalue weighted by atomic mass is 32.1. The molecule has 0 radical (unpaired) electrons. The molecule has 174 valence electrons. The van der Waals surface area contributed by atoms with Crippen LogP contribution >= 0.6 is 11.3 Å². The molecule has 2 amide bonds. The molecule has 9 heteroatoms. The summed E-state index contributed by atoms with van der Waals surface area (Å²) in [6, 6.07) is 13.1. The smallest absolute Gasteiger partial charge is 0.253 e. The van der Waals surface area contributed by atoms with E-state index in [1.54, 1.807) is 36.4 Å². The van der Waals surface area contributed by atoms with Gasteiger partial charge in [-0.05, 0) is 49.2 Å². The van der Waals surface area contributed by atoms with Crippen molar-refractivity contribution < 1.29 is 18.7 Å². The van der Waals surface area contributed by atoms with Crippen molar-refractivity contribution in [2.24, 2.45) is 0 Å². The molecule has 1 fully saturated rings. The Morgan fingerprint density at radius 2 is 2.00 bits per heavy atom. The minimum Gasteiger partial charge on any atom is -0.376 e. The minimum absolute atomic E-state index is 0.0432. The zero-order chi connectivity index (χ0) is 23.5. The van der Waals surface area contributed by atoms with Gasteiger partial charge in [0.25, 0.3) is 5.91 Å². The van der Waals surface area contributed by atoms with Crippen molar-refractivity contribution in [1.29, 1.82) is 0 Å². The van der Waals surface area contributed by atoms with Gasteiger partial charge >= 0.3 is 0 Å². The number of rotatable bonds is 7. The molecule has 1 saturated heterocycles. The van der Waals surface area contributed by atoms with Crippen molar-refractivity contribution in [3.8, 4) is 11.3 Å². The maximum Gasteiger partial charge on any atom is 0.253 e. The van der Waals surface area contributed by atoms with E-state index in [0.717, 1.165) is 35.7 Å². The lowest BCUT2D eigenvalue weighted by molar-refractivity contribution is -0.115. The Labute approximate surface area is 199 Å². The van der Waals surface area contributed by atoms with Gasteiger partial charge in [0.1, 0.15) is 5.82 Å². The molecule has 1 aliphatic rings. The first kappa shape index (κ1) is 22.2. The molecule has 34 heavy (non-hydrogen) atoms. The number of halogens is 1. The lowest BCUT2D eigenvalue weighted by atomic mass is 10.1. The van der Waals surface area contributed by atoms with E-state index in [2.05, 4.69) is 15.6 Å². The summed E-state index contributed by atoms with van der Waals surface area (Å²) in [5.74, 6) is -0.790.